The quantitative estimate of drug-likeness (QED) is 0.483. The van der Waals surface area contributed by atoms with Crippen LogP contribution in [-0.4, -0.2) is 40.1 Å². The Hall–Kier alpha value is -2.82. The highest BCUT2D eigenvalue weighted by molar-refractivity contribution is 5.94. The summed E-state index contributed by atoms with van der Waals surface area (Å²) in [7, 11) is 0. The molecule has 0 unspecified atom stereocenters. The average Bonchev–Trinajstić information content (AvgIpc) is 3.16. The van der Waals surface area contributed by atoms with E-state index in [1.807, 2.05) is 35.5 Å². The van der Waals surface area contributed by atoms with Crippen molar-refractivity contribution in [3.8, 4) is 5.75 Å². The topological polar surface area (TPSA) is 47.4 Å². The Balaban J connectivity index is 1.32. The second kappa shape index (κ2) is 9.54. The van der Waals surface area contributed by atoms with Gasteiger partial charge in [0.2, 0.25) is 0 Å². The molecule has 1 fully saturated rings. The molecule has 0 N–H and O–H groups in total. The number of hydrogen-bond donors (Lipinski definition) is 0. The number of rotatable bonds is 7. The Bertz CT molecular complexity index is 1030. The molecule has 164 valence electrons. The molecule has 0 atom stereocenters. The van der Waals surface area contributed by atoms with Crippen LogP contribution >= 0.6 is 0 Å². The lowest BCUT2D eigenvalue weighted by molar-refractivity contribution is 0.0683. The van der Waals surface area contributed by atoms with Crippen molar-refractivity contribution in [2.75, 3.05) is 19.7 Å². The molecule has 5 nitrogen and oxygen atoms in total. The highest BCUT2D eigenvalue weighted by atomic mass is 16.5. The Morgan fingerprint density at radius 3 is 2.52 bits per heavy atom. The molecule has 3 aromatic rings. The van der Waals surface area contributed by atoms with E-state index >= 15 is 0 Å². The van der Waals surface area contributed by atoms with Gasteiger partial charge in [0.15, 0.2) is 0 Å². The minimum absolute atomic E-state index is 0.123. The van der Waals surface area contributed by atoms with Gasteiger partial charge in [-0.2, -0.15) is 0 Å². The van der Waals surface area contributed by atoms with Crippen molar-refractivity contribution in [1.29, 1.82) is 0 Å². The molecule has 5 heteroatoms. The number of carbonyl (C=O) groups is 1. The molecule has 0 saturated carbocycles. The van der Waals surface area contributed by atoms with E-state index in [1.165, 1.54) is 16.6 Å². The maximum Gasteiger partial charge on any atom is 0.253 e. The van der Waals surface area contributed by atoms with Crippen LogP contribution in [0.25, 0.3) is 11.0 Å². The second-order valence-corrected chi connectivity index (χ2v) is 8.78. The molecule has 31 heavy (non-hydrogen) atoms. The number of ether oxygens (including phenoxy) is 1. The standard InChI is InChI=1S/C26H33N3O2/c1-4-5-14-31-23-8-6-22(7-9-23)26(30)28-12-10-21(11-13-28)17-29-18-27-24-15-19(2)20(3)16-25(24)29/h6-9,15-16,18,21H,4-5,10-14,17H2,1-3H3. The molecule has 0 radical (unpaired) electrons. The van der Waals surface area contributed by atoms with Crippen molar-refractivity contribution in [2.24, 2.45) is 5.92 Å². The molecule has 1 saturated heterocycles. The van der Waals surface area contributed by atoms with E-state index in [0.717, 1.165) is 68.8 Å². The molecule has 4 rings (SSSR count). The Kier molecular flexibility index (Phi) is 6.59. The largest absolute Gasteiger partial charge is 0.494 e. The predicted octanol–water partition coefficient (Wildman–Crippen LogP) is 5.38. The zero-order valence-corrected chi connectivity index (χ0v) is 18.9. The number of likely N-dealkylation sites (tertiary alicyclic amines) is 1. The van der Waals surface area contributed by atoms with Gasteiger partial charge >= 0.3 is 0 Å². The number of unbranched alkanes of at least 4 members (excludes halogenated alkanes) is 1. The predicted molar refractivity (Wildman–Crippen MR) is 125 cm³/mol. The third-order valence-electron chi connectivity index (χ3n) is 6.46. The van der Waals surface area contributed by atoms with Gasteiger partial charge in [0.05, 0.1) is 24.0 Å². The number of amides is 1. The number of imidazole rings is 1. The van der Waals surface area contributed by atoms with Crippen LogP contribution in [-0.2, 0) is 6.54 Å². The van der Waals surface area contributed by atoms with Crippen LogP contribution in [0.2, 0.25) is 0 Å². The van der Waals surface area contributed by atoms with Crippen LogP contribution < -0.4 is 4.74 Å². The van der Waals surface area contributed by atoms with Crippen molar-refractivity contribution in [1.82, 2.24) is 14.5 Å². The minimum atomic E-state index is 0.123. The molecular formula is C26H33N3O2. The number of aryl methyl sites for hydroxylation is 2. The lowest BCUT2D eigenvalue weighted by Gasteiger charge is -2.32. The van der Waals surface area contributed by atoms with Crippen LogP contribution in [0.5, 0.6) is 5.75 Å². The van der Waals surface area contributed by atoms with Crippen LogP contribution in [0.4, 0.5) is 0 Å². The average molecular weight is 420 g/mol. The molecular weight excluding hydrogens is 386 g/mol. The fourth-order valence-electron chi connectivity index (χ4n) is 4.27. The van der Waals surface area contributed by atoms with Gasteiger partial charge in [0, 0.05) is 25.2 Å². The van der Waals surface area contributed by atoms with Gasteiger partial charge in [-0.15, -0.1) is 0 Å². The van der Waals surface area contributed by atoms with Crippen molar-refractivity contribution < 1.29 is 9.53 Å². The van der Waals surface area contributed by atoms with E-state index in [9.17, 15) is 4.79 Å². The first-order valence-corrected chi connectivity index (χ1v) is 11.5. The lowest BCUT2D eigenvalue weighted by Crippen LogP contribution is -2.39. The van der Waals surface area contributed by atoms with Gasteiger partial charge < -0.3 is 14.2 Å². The zero-order valence-electron chi connectivity index (χ0n) is 18.9. The third kappa shape index (κ3) is 4.92. The van der Waals surface area contributed by atoms with Crippen molar-refractivity contribution >= 4 is 16.9 Å². The van der Waals surface area contributed by atoms with Gasteiger partial charge in [-0.05, 0) is 86.6 Å². The number of aromatic nitrogens is 2. The molecule has 1 amide bonds. The van der Waals surface area contributed by atoms with Gasteiger partial charge in [-0.25, -0.2) is 4.98 Å². The summed E-state index contributed by atoms with van der Waals surface area (Å²) in [5.41, 5.74) is 5.61. The number of fused-ring (bicyclic) bond motifs is 1. The zero-order chi connectivity index (χ0) is 21.8. The number of piperidine rings is 1. The maximum absolute atomic E-state index is 12.9. The Morgan fingerprint density at radius 2 is 1.81 bits per heavy atom. The van der Waals surface area contributed by atoms with E-state index < -0.39 is 0 Å². The summed E-state index contributed by atoms with van der Waals surface area (Å²) in [6.45, 7) is 9.74. The monoisotopic (exact) mass is 419 g/mol. The molecule has 0 aliphatic carbocycles. The first-order valence-electron chi connectivity index (χ1n) is 11.5. The fourth-order valence-corrected chi connectivity index (χ4v) is 4.27. The normalized spacial score (nSPS) is 14.9. The van der Waals surface area contributed by atoms with E-state index in [2.05, 4.69) is 42.5 Å². The molecule has 1 aliphatic heterocycles. The van der Waals surface area contributed by atoms with Crippen molar-refractivity contribution in [3.63, 3.8) is 0 Å². The van der Waals surface area contributed by atoms with E-state index in [-0.39, 0.29) is 5.91 Å². The molecule has 1 aromatic heterocycles. The fraction of sp³-hybridized carbons (Fsp3) is 0.462. The second-order valence-electron chi connectivity index (χ2n) is 8.78. The summed E-state index contributed by atoms with van der Waals surface area (Å²) in [5.74, 6) is 1.52. The van der Waals surface area contributed by atoms with E-state index in [1.54, 1.807) is 0 Å². The molecule has 2 aromatic carbocycles. The Morgan fingerprint density at radius 1 is 1.10 bits per heavy atom. The number of benzene rings is 2. The van der Waals surface area contributed by atoms with Crippen LogP contribution in [0.15, 0.2) is 42.7 Å². The highest BCUT2D eigenvalue weighted by Gasteiger charge is 2.24. The third-order valence-corrected chi connectivity index (χ3v) is 6.46. The van der Waals surface area contributed by atoms with Crippen LogP contribution in [0, 0.1) is 19.8 Å². The molecule has 2 heterocycles. The molecule has 1 aliphatic rings. The first-order chi connectivity index (χ1) is 15.0. The SMILES string of the molecule is CCCCOc1ccc(C(=O)N2CCC(Cn3cnc4cc(C)c(C)cc43)CC2)cc1. The number of carbonyl (C=O) groups excluding carboxylic acids is 1. The van der Waals surface area contributed by atoms with Crippen LogP contribution in [0.3, 0.4) is 0 Å². The summed E-state index contributed by atoms with van der Waals surface area (Å²) in [6.07, 6.45) is 6.17. The van der Waals surface area contributed by atoms with Crippen molar-refractivity contribution in [3.05, 3.63) is 59.4 Å². The number of nitrogens with zero attached hydrogens (tertiary/aromatic N) is 3. The van der Waals surface area contributed by atoms with E-state index in [4.69, 9.17) is 4.74 Å². The first kappa shape index (κ1) is 21.4. The molecule has 0 bridgehead atoms. The highest BCUT2D eigenvalue weighted by Crippen LogP contribution is 2.25. The summed E-state index contributed by atoms with van der Waals surface area (Å²) in [4.78, 5) is 19.5. The smallest absolute Gasteiger partial charge is 0.253 e. The molecule has 0 spiro atoms. The van der Waals surface area contributed by atoms with Crippen molar-refractivity contribution in [2.45, 2.75) is 53.0 Å². The summed E-state index contributed by atoms with van der Waals surface area (Å²) >= 11 is 0. The minimum Gasteiger partial charge on any atom is -0.494 e. The lowest BCUT2D eigenvalue weighted by atomic mass is 9.96. The van der Waals surface area contributed by atoms with Crippen LogP contribution in [0.1, 0.15) is 54.1 Å². The van der Waals surface area contributed by atoms with E-state index in [0.29, 0.717) is 5.92 Å². The summed E-state index contributed by atoms with van der Waals surface area (Å²) in [6, 6.07) is 12.0. The van der Waals surface area contributed by atoms with Gasteiger partial charge in [0.25, 0.3) is 5.91 Å². The number of hydrogen-bond acceptors (Lipinski definition) is 3. The van der Waals surface area contributed by atoms with Gasteiger partial charge in [0.1, 0.15) is 5.75 Å². The Labute approximate surface area is 185 Å². The summed E-state index contributed by atoms with van der Waals surface area (Å²) in [5, 5.41) is 0. The maximum atomic E-state index is 12.9. The summed E-state index contributed by atoms with van der Waals surface area (Å²) < 4.78 is 7.98. The van der Waals surface area contributed by atoms with Gasteiger partial charge in [-0.1, -0.05) is 13.3 Å². The van der Waals surface area contributed by atoms with Gasteiger partial charge in [-0.3, -0.25) is 4.79 Å².